The lowest BCUT2D eigenvalue weighted by atomic mass is 10.1. The van der Waals surface area contributed by atoms with E-state index in [9.17, 15) is 8.42 Å². The van der Waals surface area contributed by atoms with Crippen LogP contribution in [0.25, 0.3) is 11.3 Å². The van der Waals surface area contributed by atoms with Gasteiger partial charge in [-0.25, -0.2) is 9.97 Å². The van der Waals surface area contributed by atoms with Crippen molar-refractivity contribution in [3.63, 3.8) is 0 Å². The second-order valence-electron chi connectivity index (χ2n) is 8.64. The van der Waals surface area contributed by atoms with E-state index < -0.39 is 10.2 Å². The van der Waals surface area contributed by atoms with Crippen LogP contribution < -0.4 is 24.4 Å². The lowest BCUT2D eigenvalue weighted by Crippen LogP contribution is -2.45. The summed E-state index contributed by atoms with van der Waals surface area (Å²) in [7, 11) is -0.00214. The molecule has 1 saturated heterocycles. The number of benzene rings is 2. The smallest absolute Gasteiger partial charge is 0.299 e. The van der Waals surface area contributed by atoms with Gasteiger partial charge in [0.1, 0.15) is 17.9 Å². The van der Waals surface area contributed by atoms with Crippen LogP contribution in [0.2, 0.25) is 0 Å². The van der Waals surface area contributed by atoms with Gasteiger partial charge < -0.3 is 19.9 Å². The van der Waals surface area contributed by atoms with Gasteiger partial charge in [0.2, 0.25) is 0 Å². The Kier molecular flexibility index (Phi) is 8.24. The first-order chi connectivity index (χ1) is 17.4. The number of aromatic nitrogens is 2. The fourth-order valence-electron chi connectivity index (χ4n) is 4.01. The van der Waals surface area contributed by atoms with Crippen molar-refractivity contribution < 1.29 is 13.2 Å². The van der Waals surface area contributed by atoms with Crippen molar-refractivity contribution in [1.82, 2.24) is 19.6 Å². The van der Waals surface area contributed by atoms with Crippen LogP contribution in [0, 0.1) is 0 Å². The van der Waals surface area contributed by atoms with Crippen LogP contribution in [-0.4, -0.2) is 70.2 Å². The first-order valence-corrected chi connectivity index (χ1v) is 13.4. The van der Waals surface area contributed by atoms with E-state index in [1.54, 1.807) is 13.2 Å². The van der Waals surface area contributed by atoms with Gasteiger partial charge in [-0.05, 0) is 43.8 Å². The predicted molar refractivity (Wildman–Crippen MR) is 144 cm³/mol. The van der Waals surface area contributed by atoms with Gasteiger partial charge in [0.05, 0.1) is 24.2 Å². The molecule has 36 heavy (non-hydrogen) atoms. The molecule has 0 saturated carbocycles. The Morgan fingerprint density at radius 2 is 1.81 bits per heavy atom. The van der Waals surface area contributed by atoms with Crippen LogP contribution in [0.4, 0.5) is 22.9 Å². The zero-order valence-electron chi connectivity index (χ0n) is 20.9. The molecular formula is C25H33N7O3S. The fourth-order valence-corrected chi connectivity index (χ4v) is 5.01. The second kappa shape index (κ2) is 11.5. The highest BCUT2D eigenvalue weighted by Gasteiger charge is 2.20. The van der Waals surface area contributed by atoms with Crippen LogP contribution in [0.3, 0.4) is 0 Å². The number of rotatable bonds is 10. The topological polar surface area (TPSA) is 112 Å². The molecule has 0 bridgehead atoms. The molecule has 0 radical (unpaired) electrons. The summed E-state index contributed by atoms with van der Waals surface area (Å²) in [5.41, 5.74) is 3.61. The van der Waals surface area contributed by atoms with E-state index in [2.05, 4.69) is 41.6 Å². The highest BCUT2D eigenvalue weighted by molar-refractivity contribution is 7.90. The summed E-state index contributed by atoms with van der Waals surface area (Å²) in [6.07, 6.45) is 2.19. The summed E-state index contributed by atoms with van der Waals surface area (Å²) < 4.78 is 36.1. The normalized spacial score (nSPS) is 14.5. The van der Waals surface area contributed by atoms with Gasteiger partial charge in [-0.15, -0.1) is 0 Å². The summed E-state index contributed by atoms with van der Waals surface area (Å²) in [5.74, 6) is 1.30. The monoisotopic (exact) mass is 511 g/mol. The van der Waals surface area contributed by atoms with Crippen LogP contribution in [0.5, 0.6) is 5.75 Å². The fraction of sp³-hybridized carbons (Fsp3) is 0.360. The Balaban J connectivity index is 1.62. The Labute approximate surface area is 212 Å². The van der Waals surface area contributed by atoms with Crippen molar-refractivity contribution in [2.75, 3.05) is 61.8 Å². The number of hydrogen-bond acceptors (Lipinski definition) is 8. The summed E-state index contributed by atoms with van der Waals surface area (Å²) in [6.45, 7) is 5.73. The number of nitrogens with zero attached hydrogens (tertiary/aromatic N) is 4. The molecule has 3 N–H and O–H groups in total. The Hall–Kier alpha value is -3.41. The van der Waals surface area contributed by atoms with Gasteiger partial charge in [-0.1, -0.05) is 19.1 Å². The zero-order chi connectivity index (χ0) is 25.5. The number of likely N-dealkylation sites (N-methyl/N-ethyl adjacent to an activating group) is 1. The number of methoxy groups -OCH3 is 1. The number of piperazine rings is 1. The second-order valence-corrected chi connectivity index (χ2v) is 10.1. The molecule has 2 heterocycles. The van der Waals surface area contributed by atoms with Crippen molar-refractivity contribution in [3.05, 3.63) is 54.9 Å². The molecule has 0 aliphatic carbocycles. The molecule has 192 valence electrons. The molecule has 3 aromatic rings. The van der Waals surface area contributed by atoms with Gasteiger partial charge >= 0.3 is 0 Å². The summed E-state index contributed by atoms with van der Waals surface area (Å²) in [5, 5.41) is 3.28. The maximum Gasteiger partial charge on any atom is 0.299 e. The first-order valence-electron chi connectivity index (χ1n) is 12.0. The van der Waals surface area contributed by atoms with Gasteiger partial charge in [0.15, 0.2) is 0 Å². The number of para-hydroxylation sites is 1. The van der Waals surface area contributed by atoms with Gasteiger partial charge in [-0.3, -0.25) is 4.72 Å². The van der Waals surface area contributed by atoms with E-state index in [-0.39, 0.29) is 0 Å². The first kappa shape index (κ1) is 25.7. The molecule has 2 aromatic carbocycles. The lowest BCUT2D eigenvalue weighted by Gasteiger charge is -2.35. The minimum absolute atomic E-state index is 0.365. The molecule has 1 aliphatic heterocycles. The molecule has 0 spiro atoms. The lowest BCUT2D eigenvalue weighted by molar-refractivity contribution is 0.313. The van der Waals surface area contributed by atoms with Crippen LogP contribution >= 0.6 is 0 Å². The van der Waals surface area contributed by atoms with Crippen molar-refractivity contribution in [1.29, 1.82) is 0 Å². The van der Waals surface area contributed by atoms with Crippen LogP contribution in [0.15, 0.2) is 54.9 Å². The van der Waals surface area contributed by atoms with Crippen molar-refractivity contribution in [2.24, 2.45) is 0 Å². The molecule has 0 amide bonds. The average molecular weight is 512 g/mol. The minimum atomic E-state index is -3.71. The summed E-state index contributed by atoms with van der Waals surface area (Å²) in [6, 6.07) is 15.1. The molecule has 1 fully saturated rings. The van der Waals surface area contributed by atoms with E-state index in [4.69, 9.17) is 4.74 Å². The third-order valence-corrected chi connectivity index (χ3v) is 7.02. The number of anilines is 4. The molecule has 11 heteroatoms. The maximum atomic E-state index is 12.7. The van der Waals surface area contributed by atoms with Crippen LogP contribution in [-0.2, 0) is 10.2 Å². The Bertz CT molecular complexity index is 1280. The molecule has 4 rings (SSSR count). The third-order valence-electron chi connectivity index (χ3n) is 5.95. The number of nitrogens with one attached hydrogen (secondary N) is 3. The Morgan fingerprint density at radius 3 is 2.56 bits per heavy atom. The molecular weight excluding hydrogens is 478 g/mol. The predicted octanol–water partition coefficient (Wildman–Crippen LogP) is 3.30. The van der Waals surface area contributed by atoms with E-state index in [0.29, 0.717) is 35.9 Å². The third kappa shape index (κ3) is 6.42. The zero-order valence-corrected chi connectivity index (χ0v) is 21.7. The van der Waals surface area contributed by atoms with E-state index in [0.717, 1.165) is 43.2 Å². The molecule has 1 aliphatic rings. The number of ether oxygens (including phenoxy) is 1. The van der Waals surface area contributed by atoms with E-state index >= 15 is 0 Å². The quantitative estimate of drug-likeness (QED) is 0.380. The van der Waals surface area contributed by atoms with Crippen molar-refractivity contribution in [3.8, 4) is 17.0 Å². The molecule has 10 nitrogen and oxygen atoms in total. The van der Waals surface area contributed by atoms with E-state index in [1.807, 2.05) is 49.4 Å². The van der Waals surface area contributed by atoms with Crippen molar-refractivity contribution in [2.45, 2.75) is 13.3 Å². The minimum Gasteiger partial charge on any atom is -0.496 e. The standard InChI is InChI=1S/C25H33N7O3S/c1-4-11-28-36(33,34)30-22-16-19(9-10-23(22)32-14-12-31(2)13-15-32)29-25-17-21(26-18-27-25)20-7-5-6-8-24(20)35-3/h5-10,16-18,28,30H,4,11-15H2,1-3H3,(H,26,27,29). The highest BCUT2D eigenvalue weighted by Crippen LogP contribution is 2.33. The molecule has 1 aromatic heterocycles. The molecule has 0 atom stereocenters. The highest BCUT2D eigenvalue weighted by atomic mass is 32.2. The largest absolute Gasteiger partial charge is 0.496 e. The SMILES string of the molecule is CCCNS(=O)(=O)Nc1cc(Nc2cc(-c3ccccc3OC)ncn2)ccc1N1CCN(C)CC1. The van der Waals surface area contributed by atoms with Gasteiger partial charge in [0.25, 0.3) is 10.2 Å². The molecule has 0 unspecified atom stereocenters. The van der Waals surface area contributed by atoms with Gasteiger partial charge in [-0.2, -0.15) is 13.1 Å². The summed E-state index contributed by atoms with van der Waals surface area (Å²) >= 11 is 0. The maximum absolute atomic E-state index is 12.7. The van der Waals surface area contributed by atoms with E-state index in [1.165, 1.54) is 6.33 Å². The Morgan fingerprint density at radius 1 is 1.03 bits per heavy atom. The van der Waals surface area contributed by atoms with Crippen molar-refractivity contribution >= 4 is 33.1 Å². The summed E-state index contributed by atoms with van der Waals surface area (Å²) in [4.78, 5) is 13.2. The average Bonchev–Trinajstić information content (AvgIpc) is 2.88. The van der Waals surface area contributed by atoms with Gasteiger partial charge in [0, 0.05) is 50.0 Å². The van der Waals surface area contributed by atoms with Crippen LogP contribution in [0.1, 0.15) is 13.3 Å². The number of hydrogen-bond donors (Lipinski definition) is 3.